The van der Waals surface area contributed by atoms with Crippen molar-refractivity contribution in [3.05, 3.63) is 23.8 Å². The van der Waals surface area contributed by atoms with Crippen LogP contribution in [0.25, 0.3) is 0 Å². The Bertz CT molecular complexity index is 469. The predicted molar refractivity (Wildman–Crippen MR) is 68.8 cm³/mol. The lowest BCUT2D eigenvalue weighted by atomic mass is 10.1. The summed E-state index contributed by atoms with van der Waals surface area (Å²) in [6.45, 7) is 3.79. The van der Waals surface area contributed by atoms with Gasteiger partial charge in [0, 0.05) is 25.1 Å². The molecule has 2 heterocycles. The summed E-state index contributed by atoms with van der Waals surface area (Å²) in [6.07, 6.45) is 0.863. The first-order chi connectivity index (χ1) is 9.34. The standard InChI is InChI=1S/C14H17NO4/c16-14(15-4-8-17-9-5-15)11-2-3-12-13(10-11)19-7-1-6-18-12/h2-3,10H,1,4-9H2. The van der Waals surface area contributed by atoms with Crippen LogP contribution in [0.2, 0.25) is 0 Å². The van der Waals surface area contributed by atoms with Crippen molar-refractivity contribution in [2.24, 2.45) is 0 Å². The minimum Gasteiger partial charge on any atom is -0.490 e. The topological polar surface area (TPSA) is 48.0 Å². The van der Waals surface area contributed by atoms with Gasteiger partial charge in [-0.15, -0.1) is 0 Å². The lowest BCUT2D eigenvalue weighted by Gasteiger charge is -2.27. The average Bonchev–Trinajstić information content (AvgIpc) is 2.72. The van der Waals surface area contributed by atoms with E-state index in [0.717, 1.165) is 12.2 Å². The van der Waals surface area contributed by atoms with E-state index in [-0.39, 0.29) is 5.91 Å². The highest BCUT2D eigenvalue weighted by atomic mass is 16.5. The fraction of sp³-hybridized carbons (Fsp3) is 0.500. The first-order valence-corrected chi connectivity index (χ1v) is 6.61. The highest BCUT2D eigenvalue weighted by Crippen LogP contribution is 2.30. The van der Waals surface area contributed by atoms with Crippen LogP contribution in [-0.4, -0.2) is 50.3 Å². The summed E-state index contributed by atoms with van der Waals surface area (Å²) < 4.78 is 16.4. The van der Waals surface area contributed by atoms with Crippen molar-refractivity contribution >= 4 is 5.91 Å². The zero-order chi connectivity index (χ0) is 13.1. The van der Waals surface area contributed by atoms with Crippen LogP contribution in [0.5, 0.6) is 11.5 Å². The Morgan fingerprint density at radius 3 is 2.53 bits per heavy atom. The molecule has 19 heavy (non-hydrogen) atoms. The normalized spacial score (nSPS) is 18.8. The van der Waals surface area contributed by atoms with E-state index in [2.05, 4.69) is 0 Å². The Kier molecular flexibility index (Phi) is 3.55. The van der Waals surface area contributed by atoms with Crippen molar-refractivity contribution in [2.75, 3.05) is 39.5 Å². The Balaban J connectivity index is 1.80. The zero-order valence-corrected chi connectivity index (χ0v) is 10.8. The van der Waals surface area contributed by atoms with Crippen molar-refractivity contribution < 1.29 is 19.0 Å². The molecule has 2 aliphatic heterocycles. The second-order valence-corrected chi connectivity index (χ2v) is 4.62. The summed E-state index contributed by atoms with van der Waals surface area (Å²) in [6, 6.07) is 5.39. The number of rotatable bonds is 1. The van der Waals surface area contributed by atoms with Crippen LogP contribution in [0.15, 0.2) is 18.2 Å². The molecule has 1 aromatic rings. The SMILES string of the molecule is O=C(c1ccc2c(c1)OCCCO2)N1CCOCC1. The molecule has 3 rings (SSSR count). The van der Waals surface area contributed by atoms with Crippen molar-refractivity contribution in [1.82, 2.24) is 4.90 Å². The molecule has 0 N–H and O–H groups in total. The Morgan fingerprint density at radius 1 is 1.00 bits per heavy atom. The molecule has 1 saturated heterocycles. The van der Waals surface area contributed by atoms with Crippen LogP contribution in [-0.2, 0) is 4.74 Å². The summed E-state index contributed by atoms with van der Waals surface area (Å²) in [7, 11) is 0. The fourth-order valence-corrected chi connectivity index (χ4v) is 2.25. The number of carbonyl (C=O) groups is 1. The molecule has 0 spiro atoms. The van der Waals surface area contributed by atoms with Crippen LogP contribution in [0.3, 0.4) is 0 Å². The van der Waals surface area contributed by atoms with Crippen molar-refractivity contribution in [3.8, 4) is 11.5 Å². The molecule has 0 saturated carbocycles. The number of benzene rings is 1. The van der Waals surface area contributed by atoms with E-state index in [1.807, 2.05) is 11.0 Å². The molecule has 5 heteroatoms. The summed E-state index contributed by atoms with van der Waals surface area (Å²) in [5.41, 5.74) is 0.645. The maximum Gasteiger partial charge on any atom is 0.254 e. The average molecular weight is 263 g/mol. The minimum absolute atomic E-state index is 0.0268. The number of fused-ring (bicyclic) bond motifs is 1. The lowest BCUT2D eigenvalue weighted by Crippen LogP contribution is -2.40. The van der Waals surface area contributed by atoms with Gasteiger partial charge in [0.1, 0.15) is 0 Å². The first-order valence-electron chi connectivity index (χ1n) is 6.61. The Morgan fingerprint density at radius 2 is 1.74 bits per heavy atom. The number of hydrogen-bond donors (Lipinski definition) is 0. The number of nitrogens with zero attached hydrogens (tertiary/aromatic N) is 1. The van der Waals surface area contributed by atoms with Gasteiger partial charge in [0.05, 0.1) is 26.4 Å². The van der Waals surface area contributed by atoms with Crippen LogP contribution < -0.4 is 9.47 Å². The first kappa shape index (κ1) is 12.3. The van der Waals surface area contributed by atoms with E-state index in [1.54, 1.807) is 12.1 Å². The van der Waals surface area contributed by atoms with Gasteiger partial charge in [-0.1, -0.05) is 0 Å². The summed E-state index contributed by atoms with van der Waals surface area (Å²) in [5.74, 6) is 1.41. The third-order valence-corrected chi connectivity index (χ3v) is 3.29. The monoisotopic (exact) mass is 263 g/mol. The van der Waals surface area contributed by atoms with Gasteiger partial charge < -0.3 is 19.1 Å². The maximum atomic E-state index is 12.3. The molecule has 1 aromatic carbocycles. The highest BCUT2D eigenvalue weighted by molar-refractivity contribution is 5.95. The third-order valence-electron chi connectivity index (χ3n) is 3.29. The minimum atomic E-state index is 0.0268. The van der Waals surface area contributed by atoms with Gasteiger partial charge in [-0.3, -0.25) is 4.79 Å². The zero-order valence-electron chi connectivity index (χ0n) is 10.8. The van der Waals surface area contributed by atoms with Gasteiger partial charge in [0.25, 0.3) is 5.91 Å². The fourth-order valence-electron chi connectivity index (χ4n) is 2.25. The van der Waals surface area contributed by atoms with Crippen molar-refractivity contribution in [3.63, 3.8) is 0 Å². The maximum absolute atomic E-state index is 12.3. The van der Waals surface area contributed by atoms with E-state index in [9.17, 15) is 4.79 Å². The van der Waals surface area contributed by atoms with Crippen molar-refractivity contribution in [1.29, 1.82) is 0 Å². The predicted octanol–water partition coefficient (Wildman–Crippen LogP) is 1.32. The Labute approximate surface area is 112 Å². The van der Waals surface area contributed by atoms with Gasteiger partial charge in [0.2, 0.25) is 0 Å². The van der Waals surface area contributed by atoms with E-state index in [1.165, 1.54) is 0 Å². The second-order valence-electron chi connectivity index (χ2n) is 4.62. The molecule has 0 atom stereocenters. The number of morpholine rings is 1. The summed E-state index contributed by atoms with van der Waals surface area (Å²) in [5, 5.41) is 0. The van der Waals surface area contributed by atoms with E-state index < -0.39 is 0 Å². The molecule has 1 fully saturated rings. The van der Waals surface area contributed by atoms with Gasteiger partial charge in [0.15, 0.2) is 11.5 Å². The number of amides is 1. The van der Waals surface area contributed by atoms with Gasteiger partial charge in [-0.25, -0.2) is 0 Å². The Hall–Kier alpha value is -1.75. The number of ether oxygens (including phenoxy) is 3. The highest BCUT2D eigenvalue weighted by Gasteiger charge is 2.20. The molecular weight excluding hydrogens is 246 g/mol. The van der Waals surface area contributed by atoms with E-state index in [0.29, 0.717) is 50.8 Å². The van der Waals surface area contributed by atoms with Gasteiger partial charge >= 0.3 is 0 Å². The van der Waals surface area contributed by atoms with Crippen LogP contribution in [0, 0.1) is 0 Å². The van der Waals surface area contributed by atoms with Crippen LogP contribution in [0.4, 0.5) is 0 Å². The van der Waals surface area contributed by atoms with Gasteiger partial charge in [-0.05, 0) is 18.2 Å². The summed E-state index contributed by atoms with van der Waals surface area (Å²) >= 11 is 0. The van der Waals surface area contributed by atoms with Crippen molar-refractivity contribution in [2.45, 2.75) is 6.42 Å². The van der Waals surface area contributed by atoms with Gasteiger partial charge in [-0.2, -0.15) is 0 Å². The molecular formula is C14H17NO4. The van der Waals surface area contributed by atoms with E-state index >= 15 is 0 Å². The molecule has 102 valence electrons. The molecule has 0 aromatic heterocycles. The number of carbonyl (C=O) groups excluding carboxylic acids is 1. The van der Waals surface area contributed by atoms with E-state index in [4.69, 9.17) is 14.2 Å². The molecule has 0 radical (unpaired) electrons. The third kappa shape index (κ3) is 2.66. The molecule has 5 nitrogen and oxygen atoms in total. The van der Waals surface area contributed by atoms with Crippen LogP contribution >= 0.6 is 0 Å². The lowest BCUT2D eigenvalue weighted by molar-refractivity contribution is 0.0302. The number of hydrogen-bond acceptors (Lipinski definition) is 4. The molecule has 0 aliphatic carbocycles. The smallest absolute Gasteiger partial charge is 0.254 e. The summed E-state index contributed by atoms with van der Waals surface area (Å²) in [4.78, 5) is 14.2. The molecule has 0 unspecified atom stereocenters. The molecule has 1 amide bonds. The molecule has 0 bridgehead atoms. The quantitative estimate of drug-likeness (QED) is 0.766. The largest absolute Gasteiger partial charge is 0.490 e. The molecule has 2 aliphatic rings. The van der Waals surface area contributed by atoms with Crippen LogP contribution in [0.1, 0.15) is 16.8 Å². The second kappa shape index (κ2) is 5.48.